The fourth-order valence-corrected chi connectivity index (χ4v) is 3.55. The lowest BCUT2D eigenvalue weighted by atomic mass is 9.85. The van der Waals surface area contributed by atoms with Gasteiger partial charge in [-0.1, -0.05) is 0 Å². The largest absolute Gasteiger partial charge is 0.469 e. The number of nitrogens with one attached hydrogen (secondary N) is 1. The molecule has 1 fully saturated rings. The van der Waals surface area contributed by atoms with E-state index in [1.807, 2.05) is 32.5 Å². The molecule has 122 valence electrons. The van der Waals surface area contributed by atoms with E-state index in [0.717, 1.165) is 24.3 Å². The van der Waals surface area contributed by atoms with E-state index >= 15 is 0 Å². The molecule has 1 amide bonds. The molecule has 0 aromatic heterocycles. The minimum atomic E-state index is -0.491. The van der Waals surface area contributed by atoms with Gasteiger partial charge in [0.25, 0.3) is 0 Å². The number of hydrogen-bond acceptors (Lipinski definition) is 5. The maximum Gasteiger partial charge on any atom is 0.407 e. The summed E-state index contributed by atoms with van der Waals surface area (Å²) in [6.45, 7) is 6.08. The molecule has 0 bridgehead atoms. The standard InChI is InChI=1S/C15H27NO4S/c1-15(2,3)20-14(18)16-10-12-6-8-21-7-5-11(12)9-13(17)19-4/h11-12H,5-10H2,1-4H3,(H,16,18). The molecule has 2 atom stereocenters. The highest BCUT2D eigenvalue weighted by molar-refractivity contribution is 7.99. The van der Waals surface area contributed by atoms with Crippen LogP contribution in [0.1, 0.15) is 40.0 Å². The molecule has 1 rings (SSSR count). The van der Waals surface area contributed by atoms with Gasteiger partial charge >= 0.3 is 12.1 Å². The summed E-state index contributed by atoms with van der Waals surface area (Å²) in [6.07, 6.45) is 2.02. The molecule has 0 saturated carbocycles. The van der Waals surface area contributed by atoms with Crippen LogP contribution in [0.2, 0.25) is 0 Å². The lowest BCUT2D eigenvalue weighted by Crippen LogP contribution is -2.37. The number of ether oxygens (including phenoxy) is 2. The van der Waals surface area contributed by atoms with Gasteiger partial charge in [-0.3, -0.25) is 4.79 Å². The quantitative estimate of drug-likeness (QED) is 0.808. The molecule has 1 N–H and O–H groups in total. The van der Waals surface area contributed by atoms with Gasteiger partial charge in [0.2, 0.25) is 0 Å². The molecule has 1 aliphatic rings. The summed E-state index contributed by atoms with van der Waals surface area (Å²) in [5, 5.41) is 2.84. The van der Waals surface area contributed by atoms with Crippen LogP contribution in [0.5, 0.6) is 0 Å². The average Bonchev–Trinajstić information content (AvgIpc) is 2.59. The summed E-state index contributed by atoms with van der Waals surface area (Å²) in [6, 6.07) is 0. The molecule has 0 aromatic rings. The minimum Gasteiger partial charge on any atom is -0.469 e. The zero-order valence-corrected chi connectivity index (χ0v) is 14.3. The summed E-state index contributed by atoms with van der Waals surface area (Å²) >= 11 is 1.91. The van der Waals surface area contributed by atoms with Crippen molar-refractivity contribution in [1.29, 1.82) is 0 Å². The number of carbonyl (C=O) groups is 2. The Hall–Kier alpha value is -0.910. The van der Waals surface area contributed by atoms with E-state index in [-0.39, 0.29) is 11.9 Å². The van der Waals surface area contributed by atoms with Gasteiger partial charge in [-0.05, 0) is 57.0 Å². The minimum absolute atomic E-state index is 0.172. The first kappa shape index (κ1) is 18.1. The van der Waals surface area contributed by atoms with Crippen molar-refractivity contribution in [1.82, 2.24) is 5.32 Å². The van der Waals surface area contributed by atoms with E-state index in [2.05, 4.69) is 5.32 Å². The van der Waals surface area contributed by atoms with Crippen LogP contribution in [0.4, 0.5) is 4.79 Å². The molecule has 1 saturated heterocycles. The zero-order chi connectivity index (χ0) is 15.9. The average molecular weight is 317 g/mol. The Balaban J connectivity index is 2.51. The van der Waals surface area contributed by atoms with Crippen molar-refractivity contribution in [2.24, 2.45) is 11.8 Å². The first-order valence-corrected chi connectivity index (χ1v) is 8.58. The number of esters is 1. The Morgan fingerprint density at radius 2 is 1.81 bits per heavy atom. The number of rotatable bonds is 4. The lowest BCUT2D eigenvalue weighted by Gasteiger charge is -2.25. The third kappa shape index (κ3) is 7.60. The summed E-state index contributed by atoms with van der Waals surface area (Å²) < 4.78 is 10.0. The maximum absolute atomic E-state index is 11.7. The number of carbonyl (C=O) groups excluding carboxylic acids is 2. The number of alkyl carbamates (subject to hydrolysis) is 1. The summed E-state index contributed by atoms with van der Waals surface area (Å²) in [4.78, 5) is 23.3. The van der Waals surface area contributed by atoms with E-state index < -0.39 is 11.7 Å². The van der Waals surface area contributed by atoms with Gasteiger partial charge in [0, 0.05) is 13.0 Å². The van der Waals surface area contributed by atoms with E-state index in [1.165, 1.54) is 7.11 Å². The number of methoxy groups -OCH3 is 1. The highest BCUT2D eigenvalue weighted by Crippen LogP contribution is 2.30. The molecule has 0 radical (unpaired) electrons. The van der Waals surface area contributed by atoms with Crippen LogP contribution in [0.3, 0.4) is 0 Å². The summed E-state index contributed by atoms with van der Waals surface area (Å²) in [7, 11) is 1.42. The predicted molar refractivity (Wildman–Crippen MR) is 84.4 cm³/mol. The molecule has 0 spiro atoms. The fourth-order valence-electron chi connectivity index (χ4n) is 2.41. The third-order valence-corrected chi connectivity index (χ3v) is 4.55. The van der Waals surface area contributed by atoms with Gasteiger partial charge < -0.3 is 14.8 Å². The van der Waals surface area contributed by atoms with Crippen molar-refractivity contribution in [3.8, 4) is 0 Å². The third-order valence-electron chi connectivity index (χ3n) is 3.50. The molecule has 1 aliphatic heterocycles. The monoisotopic (exact) mass is 317 g/mol. The van der Waals surface area contributed by atoms with Crippen LogP contribution in [0.15, 0.2) is 0 Å². The summed E-state index contributed by atoms with van der Waals surface area (Å²) in [5.41, 5.74) is -0.491. The van der Waals surface area contributed by atoms with Crippen LogP contribution in [0, 0.1) is 11.8 Å². The Kier molecular flexibility index (Phi) is 7.35. The van der Waals surface area contributed by atoms with Crippen molar-refractivity contribution >= 4 is 23.8 Å². The van der Waals surface area contributed by atoms with Crippen molar-refractivity contribution in [3.05, 3.63) is 0 Å². The van der Waals surface area contributed by atoms with Crippen LogP contribution in [-0.2, 0) is 14.3 Å². The van der Waals surface area contributed by atoms with E-state index in [1.54, 1.807) is 0 Å². The smallest absolute Gasteiger partial charge is 0.407 e. The Morgan fingerprint density at radius 1 is 1.19 bits per heavy atom. The van der Waals surface area contributed by atoms with Crippen molar-refractivity contribution in [3.63, 3.8) is 0 Å². The highest BCUT2D eigenvalue weighted by atomic mass is 32.2. The van der Waals surface area contributed by atoms with Gasteiger partial charge in [-0.2, -0.15) is 11.8 Å². The van der Waals surface area contributed by atoms with Gasteiger partial charge in [0.15, 0.2) is 0 Å². The van der Waals surface area contributed by atoms with Gasteiger partial charge in [0.1, 0.15) is 5.60 Å². The van der Waals surface area contributed by atoms with Crippen molar-refractivity contribution in [2.45, 2.75) is 45.6 Å². The lowest BCUT2D eigenvalue weighted by molar-refractivity contribution is -0.142. The van der Waals surface area contributed by atoms with Crippen molar-refractivity contribution in [2.75, 3.05) is 25.2 Å². The number of thioether (sulfide) groups is 1. The van der Waals surface area contributed by atoms with Crippen molar-refractivity contribution < 1.29 is 19.1 Å². The molecule has 6 heteroatoms. The number of hydrogen-bond donors (Lipinski definition) is 1. The first-order valence-electron chi connectivity index (χ1n) is 7.43. The predicted octanol–water partition coefficient (Wildman–Crippen LogP) is 2.83. The van der Waals surface area contributed by atoms with E-state index in [4.69, 9.17) is 9.47 Å². The van der Waals surface area contributed by atoms with E-state index in [9.17, 15) is 9.59 Å². The SMILES string of the molecule is COC(=O)CC1CCSCCC1CNC(=O)OC(C)(C)C. The molecule has 0 aliphatic carbocycles. The second kappa shape index (κ2) is 8.51. The molecule has 0 aromatic carbocycles. The Labute approximate surface area is 131 Å². The second-order valence-corrected chi connectivity index (χ2v) is 7.60. The molecule has 21 heavy (non-hydrogen) atoms. The zero-order valence-electron chi connectivity index (χ0n) is 13.4. The molecular weight excluding hydrogens is 290 g/mol. The molecule has 2 unspecified atom stereocenters. The van der Waals surface area contributed by atoms with Crippen LogP contribution < -0.4 is 5.32 Å². The highest BCUT2D eigenvalue weighted by Gasteiger charge is 2.27. The second-order valence-electron chi connectivity index (χ2n) is 6.37. The molecule has 1 heterocycles. The molecule has 5 nitrogen and oxygen atoms in total. The maximum atomic E-state index is 11.7. The Bertz CT molecular complexity index is 354. The fraction of sp³-hybridized carbons (Fsp3) is 0.867. The van der Waals surface area contributed by atoms with Gasteiger partial charge in [-0.25, -0.2) is 4.79 Å². The normalized spacial score (nSPS) is 23.0. The van der Waals surface area contributed by atoms with Crippen LogP contribution in [0.25, 0.3) is 0 Å². The van der Waals surface area contributed by atoms with Crippen LogP contribution in [-0.4, -0.2) is 42.8 Å². The van der Waals surface area contributed by atoms with Gasteiger partial charge in [0.05, 0.1) is 7.11 Å². The topological polar surface area (TPSA) is 64.6 Å². The van der Waals surface area contributed by atoms with E-state index in [0.29, 0.717) is 18.9 Å². The van der Waals surface area contributed by atoms with Crippen LogP contribution >= 0.6 is 11.8 Å². The van der Waals surface area contributed by atoms with Gasteiger partial charge in [-0.15, -0.1) is 0 Å². The Morgan fingerprint density at radius 3 is 2.38 bits per heavy atom. The first-order chi connectivity index (χ1) is 9.81. The summed E-state index contributed by atoms with van der Waals surface area (Å²) in [5.74, 6) is 2.52. The number of amides is 1. The molecular formula is C15H27NO4S.